The number of nitrogens with one attached hydrogen (secondary N) is 1. The molecule has 0 aliphatic heterocycles. The number of hydrogen-bond acceptors (Lipinski definition) is 2. The Morgan fingerprint density at radius 1 is 1.50 bits per heavy atom. The average molecular weight is 274 g/mol. The highest BCUT2D eigenvalue weighted by molar-refractivity contribution is 9.10. The van der Waals surface area contributed by atoms with Gasteiger partial charge in [-0.05, 0) is 12.1 Å². The van der Waals surface area contributed by atoms with Crippen molar-refractivity contribution in [3.63, 3.8) is 0 Å². The number of rotatable bonds is 1. The molecule has 0 saturated heterocycles. The van der Waals surface area contributed by atoms with Crippen molar-refractivity contribution >= 4 is 43.6 Å². The van der Waals surface area contributed by atoms with E-state index in [4.69, 9.17) is 16.8 Å². The molecule has 1 aromatic carbocycles. The number of oxime groups is 1. The molecule has 3 nitrogen and oxygen atoms in total. The Bertz CT molecular complexity index is 506. The summed E-state index contributed by atoms with van der Waals surface area (Å²) in [5, 5.41) is 12.5. The van der Waals surface area contributed by atoms with Crippen LogP contribution in [-0.2, 0) is 0 Å². The molecule has 0 aliphatic carbocycles. The van der Waals surface area contributed by atoms with Crippen molar-refractivity contribution in [2.75, 3.05) is 0 Å². The topological polar surface area (TPSA) is 48.4 Å². The molecule has 0 saturated carbocycles. The lowest BCUT2D eigenvalue weighted by Gasteiger charge is -1.96. The van der Waals surface area contributed by atoms with Crippen LogP contribution in [0.15, 0.2) is 34.0 Å². The Morgan fingerprint density at radius 2 is 2.29 bits per heavy atom. The first-order valence-electron chi connectivity index (χ1n) is 3.87. The van der Waals surface area contributed by atoms with Crippen LogP contribution >= 0.6 is 27.5 Å². The van der Waals surface area contributed by atoms with Gasteiger partial charge in [0, 0.05) is 27.1 Å². The van der Waals surface area contributed by atoms with Gasteiger partial charge in [0.1, 0.15) is 0 Å². The highest BCUT2D eigenvalue weighted by atomic mass is 79.9. The first kappa shape index (κ1) is 9.55. The maximum absolute atomic E-state index is 8.58. The summed E-state index contributed by atoms with van der Waals surface area (Å²) in [6, 6.07) is 5.74. The number of aromatic amines is 1. The molecule has 0 atom stereocenters. The van der Waals surface area contributed by atoms with Crippen LogP contribution in [0.25, 0.3) is 10.9 Å². The second kappa shape index (κ2) is 3.63. The quantitative estimate of drug-likeness (QED) is 0.467. The molecule has 1 heterocycles. The van der Waals surface area contributed by atoms with Gasteiger partial charge in [-0.15, -0.1) is 0 Å². The molecule has 0 fully saturated rings. The van der Waals surface area contributed by atoms with Gasteiger partial charge in [0.05, 0.1) is 0 Å². The molecule has 14 heavy (non-hydrogen) atoms. The molecule has 72 valence electrons. The zero-order valence-corrected chi connectivity index (χ0v) is 9.30. The van der Waals surface area contributed by atoms with Gasteiger partial charge in [-0.25, -0.2) is 0 Å². The van der Waals surface area contributed by atoms with Crippen molar-refractivity contribution in [2.24, 2.45) is 5.16 Å². The van der Waals surface area contributed by atoms with E-state index in [1.807, 2.05) is 18.2 Å². The molecule has 0 radical (unpaired) electrons. The van der Waals surface area contributed by atoms with Crippen LogP contribution in [-0.4, -0.2) is 15.4 Å². The van der Waals surface area contributed by atoms with E-state index < -0.39 is 0 Å². The van der Waals surface area contributed by atoms with E-state index in [2.05, 4.69) is 26.1 Å². The summed E-state index contributed by atoms with van der Waals surface area (Å²) >= 11 is 9.15. The molecule has 5 heteroatoms. The lowest BCUT2D eigenvalue weighted by molar-refractivity contribution is 0.321. The van der Waals surface area contributed by atoms with E-state index in [9.17, 15) is 0 Å². The van der Waals surface area contributed by atoms with Crippen LogP contribution in [0.4, 0.5) is 0 Å². The lowest BCUT2D eigenvalue weighted by atomic mass is 10.2. The SMILES string of the molecule is O/N=C(/Cl)c1c[nH]c2cccc(Br)c12. The number of benzene rings is 1. The number of H-pyrrole nitrogens is 1. The third kappa shape index (κ3) is 1.40. The van der Waals surface area contributed by atoms with Crippen LogP contribution in [0, 0.1) is 0 Å². The summed E-state index contributed by atoms with van der Waals surface area (Å²) in [7, 11) is 0. The molecule has 0 amide bonds. The normalized spacial score (nSPS) is 12.3. The van der Waals surface area contributed by atoms with Crippen LogP contribution < -0.4 is 0 Å². The maximum atomic E-state index is 8.58. The van der Waals surface area contributed by atoms with E-state index in [0.29, 0.717) is 5.56 Å². The summed E-state index contributed by atoms with van der Waals surface area (Å²) in [6.45, 7) is 0. The zero-order chi connectivity index (χ0) is 10.1. The molecule has 2 N–H and O–H groups in total. The van der Waals surface area contributed by atoms with Gasteiger partial charge in [-0.3, -0.25) is 0 Å². The fourth-order valence-electron chi connectivity index (χ4n) is 1.36. The molecule has 2 aromatic rings. The second-order valence-corrected chi connectivity index (χ2v) is 3.97. The first-order chi connectivity index (χ1) is 6.74. The van der Waals surface area contributed by atoms with Crippen LogP contribution in [0.2, 0.25) is 0 Å². The predicted octanol–water partition coefficient (Wildman–Crippen LogP) is 3.31. The highest BCUT2D eigenvalue weighted by Gasteiger charge is 2.10. The Hall–Kier alpha value is -1.000. The van der Waals surface area contributed by atoms with Crippen molar-refractivity contribution in [2.45, 2.75) is 0 Å². The number of nitrogens with zero attached hydrogens (tertiary/aromatic N) is 1. The standard InChI is InChI=1S/C9H6BrClN2O/c10-6-2-1-3-7-8(6)5(4-12-7)9(11)13-14/h1-4,12,14H/b13-9+. The summed E-state index contributed by atoms with van der Waals surface area (Å²) < 4.78 is 0.910. The summed E-state index contributed by atoms with van der Waals surface area (Å²) in [5.41, 5.74) is 1.62. The summed E-state index contributed by atoms with van der Waals surface area (Å²) in [5.74, 6) is 0. The Labute approximate surface area is 93.5 Å². The minimum absolute atomic E-state index is 0.0724. The van der Waals surface area contributed by atoms with Gasteiger partial charge in [-0.2, -0.15) is 0 Å². The molecule has 2 rings (SSSR count). The minimum Gasteiger partial charge on any atom is -0.410 e. The number of halogens is 2. The maximum Gasteiger partial charge on any atom is 0.177 e. The summed E-state index contributed by atoms with van der Waals surface area (Å²) in [4.78, 5) is 3.04. The Kier molecular flexibility index (Phi) is 2.48. The lowest BCUT2D eigenvalue weighted by Crippen LogP contribution is -1.88. The van der Waals surface area contributed by atoms with Crippen molar-refractivity contribution in [3.05, 3.63) is 34.4 Å². The number of aromatic nitrogens is 1. The van der Waals surface area contributed by atoms with Gasteiger partial charge >= 0.3 is 0 Å². The molecular formula is C9H6BrClN2O. The van der Waals surface area contributed by atoms with Gasteiger partial charge in [-0.1, -0.05) is 38.8 Å². The largest absolute Gasteiger partial charge is 0.410 e. The van der Waals surface area contributed by atoms with Crippen molar-refractivity contribution in [1.82, 2.24) is 4.98 Å². The van der Waals surface area contributed by atoms with Crippen molar-refractivity contribution in [3.8, 4) is 0 Å². The fraction of sp³-hybridized carbons (Fsp3) is 0. The van der Waals surface area contributed by atoms with Crippen molar-refractivity contribution < 1.29 is 5.21 Å². The molecular weight excluding hydrogens is 267 g/mol. The molecule has 0 spiro atoms. The molecule has 0 unspecified atom stereocenters. The van der Waals surface area contributed by atoms with Crippen LogP contribution in [0.5, 0.6) is 0 Å². The molecule has 0 aliphatic rings. The molecule has 0 bridgehead atoms. The van der Waals surface area contributed by atoms with Crippen molar-refractivity contribution in [1.29, 1.82) is 0 Å². The third-order valence-electron chi connectivity index (χ3n) is 1.97. The van der Waals surface area contributed by atoms with E-state index in [1.54, 1.807) is 6.20 Å². The zero-order valence-electron chi connectivity index (χ0n) is 6.96. The van der Waals surface area contributed by atoms with Gasteiger partial charge in [0.2, 0.25) is 0 Å². The number of fused-ring (bicyclic) bond motifs is 1. The average Bonchev–Trinajstić information content (AvgIpc) is 2.62. The summed E-state index contributed by atoms with van der Waals surface area (Å²) in [6.07, 6.45) is 1.71. The molecule has 1 aromatic heterocycles. The second-order valence-electron chi connectivity index (χ2n) is 2.76. The van der Waals surface area contributed by atoms with E-state index in [1.165, 1.54) is 0 Å². The van der Waals surface area contributed by atoms with E-state index >= 15 is 0 Å². The fourth-order valence-corrected chi connectivity index (χ4v) is 2.09. The highest BCUT2D eigenvalue weighted by Crippen LogP contribution is 2.27. The first-order valence-corrected chi connectivity index (χ1v) is 5.04. The Balaban J connectivity index is 2.80. The van der Waals surface area contributed by atoms with E-state index in [-0.39, 0.29) is 5.17 Å². The Morgan fingerprint density at radius 3 is 3.00 bits per heavy atom. The minimum atomic E-state index is 0.0724. The smallest absolute Gasteiger partial charge is 0.177 e. The predicted molar refractivity (Wildman–Crippen MR) is 60.2 cm³/mol. The van der Waals surface area contributed by atoms with E-state index in [0.717, 1.165) is 15.4 Å². The van der Waals surface area contributed by atoms with Gasteiger partial charge in [0.15, 0.2) is 5.17 Å². The van der Waals surface area contributed by atoms with Crippen LogP contribution in [0.3, 0.4) is 0 Å². The monoisotopic (exact) mass is 272 g/mol. The number of hydrogen-bond donors (Lipinski definition) is 2. The van der Waals surface area contributed by atoms with Crippen LogP contribution in [0.1, 0.15) is 5.56 Å². The van der Waals surface area contributed by atoms with Gasteiger partial charge in [0.25, 0.3) is 0 Å². The van der Waals surface area contributed by atoms with Gasteiger partial charge < -0.3 is 10.2 Å². The third-order valence-corrected chi connectivity index (χ3v) is 2.91.